The van der Waals surface area contributed by atoms with Gasteiger partial charge in [-0.3, -0.25) is 4.99 Å². The van der Waals surface area contributed by atoms with Crippen LogP contribution < -0.4 is 4.74 Å². The van der Waals surface area contributed by atoms with Crippen LogP contribution in [0.3, 0.4) is 0 Å². The standard InChI is InChI=1S/C18H23NO2/c1-18-10-19-17-13-6-4-12(21-2)9-11(13)3-5-14(17)15(18)7-8-16(18)20/h4,6,9,14-16,20H,3,5,7-8,10H2,1-2H3. The maximum absolute atomic E-state index is 10.4. The van der Waals surface area contributed by atoms with Gasteiger partial charge in [0.25, 0.3) is 0 Å². The monoisotopic (exact) mass is 285 g/mol. The topological polar surface area (TPSA) is 41.8 Å². The van der Waals surface area contributed by atoms with Crippen molar-refractivity contribution in [3.63, 3.8) is 0 Å². The fourth-order valence-corrected chi connectivity index (χ4v) is 4.78. The van der Waals surface area contributed by atoms with Crippen LogP contribution in [0, 0.1) is 17.3 Å². The van der Waals surface area contributed by atoms with Crippen LogP contribution in [0.5, 0.6) is 5.75 Å². The van der Waals surface area contributed by atoms with E-state index in [0.717, 1.165) is 38.0 Å². The van der Waals surface area contributed by atoms with E-state index in [-0.39, 0.29) is 11.5 Å². The zero-order valence-corrected chi connectivity index (χ0v) is 12.8. The van der Waals surface area contributed by atoms with Gasteiger partial charge in [0.05, 0.1) is 13.2 Å². The number of aliphatic hydroxyl groups is 1. The Morgan fingerprint density at radius 1 is 1.29 bits per heavy atom. The number of aliphatic imine (C=N–C) groups is 1. The van der Waals surface area contributed by atoms with E-state index in [9.17, 15) is 5.11 Å². The predicted molar refractivity (Wildman–Crippen MR) is 83.0 cm³/mol. The van der Waals surface area contributed by atoms with Crippen LogP contribution in [0.4, 0.5) is 0 Å². The molecule has 112 valence electrons. The molecule has 0 saturated heterocycles. The van der Waals surface area contributed by atoms with Crippen molar-refractivity contribution in [2.45, 2.75) is 38.7 Å². The Kier molecular flexibility index (Phi) is 2.90. The van der Waals surface area contributed by atoms with Crippen LogP contribution in [0.2, 0.25) is 0 Å². The molecular weight excluding hydrogens is 262 g/mol. The number of ether oxygens (including phenoxy) is 1. The Labute approximate surface area is 126 Å². The molecule has 0 radical (unpaired) electrons. The highest BCUT2D eigenvalue weighted by atomic mass is 16.5. The lowest BCUT2D eigenvalue weighted by molar-refractivity contribution is 0.0310. The van der Waals surface area contributed by atoms with E-state index in [1.165, 1.54) is 16.8 Å². The van der Waals surface area contributed by atoms with E-state index in [0.29, 0.717) is 11.8 Å². The molecule has 3 aliphatic rings. The van der Waals surface area contributed by atoms with Crippen LogP contribution in [-0.2, 0) is 6.42 Å². The van der Waals surface area contributed by atoms with Gasteiger partial charge in [-0.05, 0) is 60.9 Å². The van der Waals surface area contributed by atoms with E-state index in [4.69, 9.17) is 9.73 Å². The molecule has 1 aliphatic heterocycles. The van der Waals surface area contributed by atoms with Crippen molar-refractivity contribution in [2.75, 3.05) is 13.7 Å². The largest absolute Gasteiger partial charge is 0.497 e. The van der Waals surface area contributed by atoms with E-state index < -0.39 is 0 Å². The number of fused-ring (bicyclic) bond motifs is 5. The van der Waals surface area contributed by atoms with E-state index >= 15 is 0 Å². The second-order valence-corrected chi connectivity index (χ2v) is 7.08. The van der Waals surface area contributed by atoms with Crippen molar-refractivity contribution in [3.05, 3.63) is 29.3 Å². The van der Waals surface area contributed by atoms with Gasteiger partial charge < -0.3 is 9.84 Å². The molecule has 0 aromatic heterocycles. The molecule has 21 heavy (non-hydrogen) atoms. The van der Waals surface area contributed by atoms with Crippen LogP contribution in [0.25, 0.3) is 0 Å². The van der Waals surface area contributed by atoms with E-state index in [1.54, 1.807) is 7.11 Å². The summed E-state index contributed by atoms with van der Waals surface area (Å²) in [6.07, 6.45) is 4.17. The first-order valence-electron chi connectivity index (χ1n) is 8.03. The van der Waals surface area contributed by atoms with Gasteiger partial charge in [-0.1, -0.05) is 6.92 Å². The van der Waals surface area contributed by atoms with Gasteiger partial charge in [-0.2, -0.15) is 0 Å². The quantitative estimate of drug-likeness (QED) is 0.862. The summed E-state index contributed by atoms with van der Waals surface area (Å²) in [6.45, 7) is 3.01. The molecule has 1 heterocycles. The number of rotatable bonds is 1. The summed E-state index contributed by atoms with van der Waals surface area (Å²) >= 11 is 0. The number of aliphatic hydroxyl groups excluding tert-OH is 1. The highest BCUT2D eigenvalue weighted by molar-refractivity contribution is 6.05. The van der Waals surface area contributed by atoms with E-state index in [1.807, 2.05) is 6.07 Å². The molecular formula is C18H23NO2. The SMILES string of the molecule is COc1ccc2c(c1)CCC1C2=NCC2(C)C(O)CCC12. The van der Waals surface area contributed by atoms with Gasteiger partial charge >= 0.3 is 0 Å². The molecule has 3 heteroatoms. The van der Waals surface area contributed by atoms with Crippen LogP contribution in [-0.4, -0.2) is 30.6 Å². The highest BCUT2D eigenvalue weighted by Gasteiger charge is 2.52. The Morgan fingerprint density at radius 2 is 2.14 bits per heavy atom. The number of benzene rings is 1. The van der Waals surface area contributed by atoms with Crippen molar-refractivity contribution >= 4 is 5.71 Å². The van der Waals surface area contributed by atoms with Gasteiger partial charge in [0, 0.05) is 23.6 Å². The number of methoxy groups -OCH3 is 1. The minimum absolute atomic E-state index is 0.00184. The van der Waals surface area contributed by atoms with Crippen molar-refractivity contribution in [1.29, 1.82) is 0 Å². The zero-order valence-electron chi connectivity index (χ0n) is 12.8. The lowest BCUT2D eigenvalue weighted by atomic mass is 9.64. The van der Waals surface area contributed by atoms with Gasteiger partial charge in [0.15, 0.2) is 0 Å². The first-order chi connectivity index (χ1) is 10.1. The van der Waals surface area contributed by atoms with Gasteiger partial charge in [0.1, 0.15) is 5.75 Å². The fraction of sp³-hybridized carbons (Fsp3) is 0.611. The summed E-state index contributed by atoms with van der Waals surface area (Å²) < 4.78 is 5.34. The molecule has 1 fully saturated rings. The molecule has 3 nitrogen and oxygen atoms in total. The van der Waals surface area contributed by atoms with Crippen molar-refractivity contribution in [3.8, 4) is 5.75 Å². The summed E-state index contributed by atoms with van der Waals surface area (Å²) in [5, 5.41) is 10.4. The number of hydrogen-bond acceptors (Lipinski definition) is 3. The maximum atomic E-state index is 10.4. The number of aryl methyl sites for hydroxylation is 1. The van der Waals surface area contributed by atoms with Gasteiger partial charge in [0.2, 0.25) is 0 Å². The maximum Gasteiger partial charge on any atom is 0.119 e. The van der Waals surface area contributed by atoms with Crippen molar-refractivity contribution in [2.24, 2.45) is 22.2 Å². The van der Waals surface area contributed by atoms with Crippen LogP contribution in [0.15, 0.2) is 23.2 Å². The third-order valence-corrected chi connectivity index (χ3v) is 6.10. The first-order valence-corrected chi connectivity index (χ1v) is 8.03. The molecule has 0 amide bonds. The molecule has 4 unspecified atom stereocenters. The third kappa shape index (κ3) is 1.80. The molecule has 1 N–H and O–H groups in total. The smallest absolute Gasteiger partial charge is 0.119 e. The minimum atomic E-state index is -0.176. The highest BCUT2D eigenvalue weighted by Crippen LogP contribution is 2.52. The van der Waals surface area contributed by atoms with Crippen LogP contribution >= 0.6 is 0 Å². The minimum Gasteiger partial charge on any atom is -0.497 e. The second-order valence-electron chi connectivity index (χ2n) is 7.08. The Morgan fingerprint density at radius 3 is 2.95 bits per heavy atom. The summed E-state index contributed by atoms with van der Waals surface area (Å²) in [4.78, 5) is 4.93. The lowest BCUT2D eigenvalue weighted by Gasteiger charge is -2.44. The number of nitrogens with zero attached hydrogens (tertiary/aromatic N) is 1. The summed E-state index contributed by atoms with van der Waals surface area (Å²) in [7, 11) is 1.72. The summed E-state index contributed by atoms with van der Waals surface area (Å²) in [6, 6.07) is 6.37. The normalized spacial score (nSPS) is 37.3. The molecule has 1 saturated carbocycles. The lowest BCUT2D eigenvalue weighted by Crippen LogP contribution is -2.46. The zero-order chi connectivity index (χ0) is 14.6. The third-order valence-electron chi connectivity index (χ3n) is 6.10. The van der Waals surface area contributed by atoms with E-state index in [2.05, 4.69) is 19.1 Å². The fourth-order valence-electron chi connectivity index (χ4n) is 4.78. The summed E-state index contributed by atoms with van der Waals surface area (Å²) in [5.74, 6) is 2.06. The average Bonchev–Trinajstić information content (AvgIpc) is 2.82. The molecule has 0 bridgehead atoms. The van der Waals surface area contributed by atoms with Gasteiger partial charge in [-0.15, -0.1) is 0 Å². The molecule has 4 rings (SSSR count). The second kappa shape index (κ2) is 4.57. The Balaban J connectivity index is 1.76. The molecule has 1 aromatic carbocycles. The number of hydrogen-bond donors (Lipinski definition) is 1. The van der Waals surface area contributed by atoms with Crippen LogP contribution in [0.1, 0.15) is 37.3 Å². The molecule has 4 atom stereocenters. The van der Waals surface area contributed by atoms with Crippen molar-refractivity contribution < 1.29 is 9.84 Å². The van der Waals surface area contributed by atoms with Crippen molar-refractivity contribution in [1.82, 2.24) is 0 Å². The molecule has 0 spiro atoms. The molecule has 2 aliphatic carbocycles. The average molecular weight is 285 g/mol. The Bertz CT molecular complexity index is 609. The van der Waals surface area contributed by atoms with Gasteiger partial charge in [-0.25, -0.2) is 0 Å². The summed E-state index contributed by atoms with van der Waals surface area (Å²) in [5.41, 5.74) is 3.97. The Hall–Kier alpha value is -1.35. The molecule has 1 aromatic rings. The predicted octanol–water partition coefficient (Wildman–Crippen LogP) is 2.84. The first kappa shape index (κ1) is 13.3.